The molecule has 2 aromatic carbocycles. The van der Waals surface area contributed by atoms with E-state index in [0.29, 0.717) is 31.6 Å². The summed E-state index contributed by atoms with van der Waals surface area (Å²) in [4.78, 5) is 31.2. The van der Waals surface area contributed by atoms with E-state index >= 15 is 0 Å². The summed E-state index contributed by atoms with van der Waals surface area (Å²) in [6.07, 6.45) is 4.32. The van der Waals surface area contributed by atoms with E-state index in [0.717, 1.165) is 16.7 Å². The van der Waals surface area contributed by atoms with E-state index < -0.39 is 13.3 Å². The number of amides is 1. The fraction of sp³-hybridized carbons (Fsp3) is 0.208. The number of carbonyl (C=O) groups is 1. The highest BCUT2D eigenvalue weighted by Gasteiger charge is 2.36. The Hall–Kier alpha value is -3.48. The van der Waals surface area contributed by atoms with E-state index in [2.05, 4.69) is 15.3 Å². The summed E-state index contributed by atoms with van der Waals surface area (Å²) in [6.45, 7) is 5.79. The van der Waals surface area contributed by atoms with Gasteiger partial charge in [0.15, 0.2) is 0 Å². The van der Waals surface area contributed by atoms with Crippen LogP contribution in [0.25, 0.3) is 10.9 Å². The van der Waals surface area contributed by atoms with Crippen LogP contribution in [0.1, 0.15) is 32.9 Å². The lowest BCUT2D eigenvalue weighted by molar-refractivity contribution is -0.505. The standard InChI is InChI=1S/C24H25N4O4P/c1-15-5-6-21-20(12-15)23(33(31,32-4)19-10-16(2)9-17(3)11-19)22(27-21)24(29)26-14-18-13-25-7-8-28(18)30/h5-13H,14H2,1-4H3,(H2-,25,26,27,29,30,31)/p+1. The predicted molar refractivity (Wildman–Crippen MR) is 128 cm³/mol. The molecular formula is C24H26N4O4P+. The van der Waals surface area contributed by atoms with E-state index in [1.807, 2.05) is 57.2 Å². The molecule has 1 amide bonds. The van der Waals surface area contributed by atoms with E-state index in [9.17, 15) is 14.3 Å². The molecule has 0 radical (unpaired) electrons. The van der Waals surface area contributed by atoms with Crippen molar-refractivity contribution in [1.29, 1.82) is 0 Å². The number of benzene rings is 2. The fourth-order valence-electron chi connectivity index (χ4n) is 4.01. The van der Waals surface area contributed by atoms with Gasteiger partial charge in [-0.15, -0.1) is 0 Å². The van der Waals surface area contributed by atoms with Gasteiger partial charge in [-0.25, -0.2) is 0 Å². The van der Waals surface area contributed by atoms with E-state index in [1.54, 1.807) is 0 Å². The summed E-state index contributed by atoms with van der Waals surface area (Å²) < 4.78 is 20.8. The van der Waals surface area contributed by atoms with Crippen LogP contribution < -0.4 is 20.4 Å². The highest BCUT2D eigenvalue weighted by molar-refractivity contribution is 7.75. The van der Waals surface area contributed by atoms with Gasteiger partial charge in [-0.2, -0.15) is 0 Å². The molecule has 0 aliphatic carbocycles. The van der Waals surface area contributed by atoms with Gasteiger partial charge in [-0.3, -0.25) is 9.36 Å². The van der Waals surface area contributed by atoms with Gasteiger partial charge in [-0.1, -0.05) is 28.8 Å². The maximum absolute atomic E-state index is 14.4. The van der Waals surface area contributed by atoms with Crippen molar-refractivity contribution < 1.29 is 18.3 Å². The lowest BCUT2D eigenvalue weighted by atomic mass is 10.2. The summed E-state index contributed by atoms with van der Waals surface area (Å²) in [5.41, 5.74) is 4.02. The third-order valence-electron chi connectivity index (χ3n) is 5.52. The number of aryl methyl sites for hydroxylation is 3. The van der Waals surface area contributed by atoms with Gasteiger partial charge in [0, 0.05) is 28.2 Å². The molecule has 0 aliphatic rings. The second-order valence-corrected chi connectivity index (χ2v) is 10.5. The van der Waals surface area contributed by atoms with Crippen molar-refractivity contribution in [3.63, 3.8) is 0 Å². The molecule has 1 unspecified atom stereocenters. The number of carbonyl (C=O) groups excluding carboxylic acids is 1. The molecule has 0 bridgehead atoms. The van der Waals surface area contributed by atoms with Gasteiger partial charge < -0.3 is 19.8 Å². The van der Waals surface area contributed by atoms with Crippen LogP contribution in [0.2, 0.25) is 0 Å². The number of fused-ring (bicyclic) bond motifs is 1. The Balaban J connectivity index is 1.87. The van der Waals surface area contributed by atoms with Crippen LogP contribution in [0.5, 0.6) is 0 Å². The summed E-state index contributed by atoms with van der Waals surface area (Å²) in [5, 5.41) is 4.26. The number of hydrogen-bond acceptors (Lipinski definition) is 4. The zero-order valence-corrected chi connectivity index (χ0v) is 19.8. The van der Waals surface area contributed by atoms with Crippen LogP contribution in [-0.4, -0.2) is 23.0 Å². The second-order valence-electron chi connectivity index (χ2n) is 8.10. The summed E-state index contributed by atoms with van der Waals surface area (Å²) in [6, 6.07) is 11.3. The normalized spacial score (nSPS) is 13.1. The molecule has 2 aromatic heterocycles. The fourth-order valence-corrected chi connectivity index (χ4v) is 6.36. The number of aromatic amines is 2. The molecule has 170 valence electrons. The number of aromatic nitrogens is 3. The predicted octanol–water partition coefficient (Wildman–Crippen LogP) is 3.14. The SMILES string of the molecule is COP(=O)(c1cc(C)cc(C)c1)c1c(C(=O)NCc2c[nH]cc[n+]2=O)[nH]c2ccc(C)cc12. The van der Waals surface area contributed by atoms with Gasteiger partial charge in [0.05, 0.1) is 22.1 Å². The molecule has 0 spiro atoms. The third-order valence-corrected chi connectivity index (χ3v) is 8.03. The van der Waals surface area contributed by atoms with Gasteiger partial charge in [0.25, 0.3) is 19.0 Å². The summed E-state index contributed by atoms with van der Waals surface area (Å²) >= 11 is 0. The quantitative estimate of drug-likeness (QED) is 0.300. The van der Waals surface area contributed by atoms with Crippen molar-refractivity contribution in [2.24, 2.45) is 0 Å². The maximum Gasteiger partial charge on any atom is 0.274 e. The minimum absolute atomic E-state index is 0.00561. The first-order valence-corrected chi connectivity index (χ1v) is 12.1. The Morgan fingerprint density at radius 2 is 1.82 bits per heavy atom. The van der Waals surface area contributed by atoms with Crippen LogP contribution in [0.3, 0.4) is 0 Å². The Labute approximate surface area is 191 Å². The van der Waals surface area contributed by atoms with Crippen molar-refractivity contribution in [2.45, 2.75) is 27.3 Å². The molecular weight excluding hydrogens is 439 g/mol. The van der Waals surface area contributed by atoms with E-state index in [1.165, 1.54) is 25.7 Å². The smallest absolute Gasteiger partial charge is 0.274 e. The third kappa shape index (κ3) is 4.27. The van der Waals surface area contributed by atoms with Crippen LogP contribution >= 0.6 is 7.37 Å². The average Bonchev–Trinajstić information content (AvgIpc) is 3.16. The van der Waals surface area contributed by atoms with Gasteiger partial charge in [0.1, 0.15) is 12.2 Å². The topological polar surface area (TPSA) is 110 Å². The van der Waals surface area contributed by atoms with Crippen molar-refractivity contribution in [1.82, 2.24) is 15.3 Å². The van der Waals surface area contributed by atoms with Crippen LogP contribution in [0.4, 0.5) is 0 Å². The Bertz CT molecular complexity index is 1450. The van der Waals surface area contributed by atoms with Gasteiger partial charge in [-0.05, 0) is 45.0 Å². The zero-order chi connectivity index (χ0) is 23.8. The first-order valence-electron chi connectivity index (χ1n) is 10.5. The maximum atomic E-state index is 14.4. The number of H-pyrrole nitrogens is 2. The van der Waals surface area contributed by atoms with Crippen molar-refractivity contribution >= 4 is 34.8 Å². The van der Waals surface area contributed by atoms with Crippen LogP contribution in [-0.2, 0) is 15.6 Å². The lowest BCUT2D eigenvalue weighted by Crippen LogP contribution is -2.33. The molecule has 0 saturated carbocycles. The Morgan fingerprint density at radius 3 is 2.48 bits per heavy atom. The van der Waals surface area contributed by atoms with Gasteiger partial charge in [0.2, 0.25) is 6.20 Å². The van der Waals surface area contributed by atoms with Crippen molar-refractivity contribution in [3.05, 3.63) is 88.0 Å². The summed E-state index contributed by atoms with van der Waals surface area (Å²) in [7, 11) is -2.24. The molecule has 0 saturated heterocycles. The lowest BCUT2D eigenvalue weighted by Gasteiger charge is -2.19. The first kappa shape index (κ1) is 22.7. The number of nitrogens with zero attached hydrogens (tertiary/aromatic N) is 1. The minimum atomic E-state index is -3.64. The second kappa shape index (κ2) is 8.81. The summed E-state index contributed by atoms with van der Waals surface area (Å²) in [5.74, 6) is -0.482. The minimum Gasteiger partial charge on any atom is -0.357 e. The highest BCUT2D eigenvalue weighted by atomic mass is 31.2. The molecule has 0 aliphatic heterocycles. The molecule has 33 heavy (non-hydrogen) atoms. The molecule has 4 rings (SSSR count). The molecule has 8 nitrogen and oxygen atoms in total. The van der Waals surface area contributed by atoms with Crippen molar-refractivity contribution in [3.8, 4) is 0 Å². The van der Waals surface area contributed by atoms with E-state index in [4.69, 9.17) is 4.52 Å². The Kier molecular flexibility index (Phi) is 6.06. The van der Waals surface area contributed by atoms with Gasteiger partial charge >= 0.3 is 0 Å². The Morgan fingerprint density at radius 1 is 1.09 bits per heavy atom. The monoisotopic (exact) mass is 465 g/mol. The first-order chi connectivity index (χ1) is 15.7. The molecule has 2 heterocycles. The largest absolute Gasteiger partial charge is 0.357 e. The highest BCUT2D eigenvalue weighted by Crippen LogP contribution is 2.47. The zero-order valence-electron chi connectivity index (χ0n) is 18.9. The molecule has 9 heteroatoms. The average molecular weight is 465 g/mol. The number of rotatable bonds is 6. The molecule has 1 atom stereocenters. The van der Waals surface area contributed by atoms with Crippen molar-refractivity contribution in [2.75, 3.05) is 7.11 Å². The molecule has 3 N–H and O–H groups in total. The molecule has 4 aromatic rings. The number of hydrogen-bond donors (Lipinski definition) is 3. The van der Waals surface area contributed by atoms with Crippen LogP contribution in [0.15, 0.2) is 55.0 Å². The number of nitrogens with one attached hydrogen (secondary N) is 3. The van der Waals surface area contributed by atoms with Crippen LogP contribution in [0, 0.1) is 25.7 Å². The van der Waals surface area contributed by atoms with E-state index in [-0.39, 0.29) is 12.2 Å². The molecule has 0 fully saturated rings.